The highest BCUT2D eigenvalue weighted by Gasteiger charge is 2.14. The molecule has 4 heteroatoms. The van der Waals surface area contributed by atoms with Gasteiger partial charge in [-0.25, -0.2) is 4.79 Å². The number of phenolic OH excluding ortho intramolecular Hbond substituents is 1. The molecule has 0 unspecified atom stereocenters. The molecule has 102 valence electrons. The van der Waals surface area contributed by atoms with E-state index in [0.29, 0.717) is 5.56 Å². The predicted octanol–water partition coefficient (Wildman–Crippen LogP) is 2.58. The summed E-state index contributed by atoms with van der Waals surface area (Å²) in [6.07, 6.45) is -0.492. The Morgan fingerprint density at radius 3 is 2.63 bits per heavy atom. The van der Waals surface area contributed by atoms with E-state index in [0.717, 1.165) is 5.56 Å². The van der Waals surface area contributed by atoms with Gasteiger partial charge in [-0.2, -0.15) is 0 Å². The van der Waals surface area contributed by atoms with Crippen molar-refractivity contribution in [2.24, 2.45) is 0 Å². The lowest BCUT2D eigenvalue weighted by Crippen LogP contribution is -2.32. The Labute approximate surface area is 113 Å². The number of ether oxygens (including phenoxy) is 1. The standard InChI is InChI=1S/C15H19NO3/c1-11-8-12(10-13(17)9-11)6-5-7-16-14(18)19-15(2,3)4/h8-10,17H,7H2,1-4H3,(H,16,18). The van der Waals surface area contributed by atoms with Crippen LogP contribution in [0, 0.1) is 18.8 Å². The van der Waals surface area contributed by atoms with Crippen LogP contribution in [0.2, 0.25) is 0 Å². The maximum absolute atomic E-state index is 11.3. The number of amides is 1. The molecular weight excluding hydrogens is 242 g/mol. The predicted molar refractivity (Wildman–Crippen MR) is 74.0 cm³/mol. The van der Waals surface area contributed by atoms with Gasteiger partial charge in [-0.05, 0) is 51.5 Å². The molecule has 4 nitrogen and oxygen atoms in total. The fourth-order valence-electron chi connectivity index (χ4n) is 1.41. The second-order valence-electron chi connectivity index (χ2n) is 5.21. The lowest BCUT2D eigenvalue weighted by atomic mass is 10.1. The van der Waals surface area contributed by atoms with Crippen molar-refractivity contribution in [2.75, 3.05) is 6.54 Å². The van der Waals surface area contributed by atoms with Crippen LogP contribution in [0.15, 0.2) is 18.2 Å². The van der Waals surface area contributed by atoms with Gasteiger partial charge in [0.1, 0.15) is 11.4 Å². The molecule has 0 aliphatic carbocycles. The SMILES string of the molecule is Cc1cc(O)cc(C#CCNC(=O)OC(C)(C)C)c1. The molecule has 0 aromatic heterocycles. The summed E-state index contributed by atoms with van der Waals surface area (Å²) >= 11 is 0. The summed E-state index contributed by atoms with van der Waals surface area (Å²) in [4.78, 5) is 11.3. The summed E-state index contributed by atoms with van der Waals surface area (Å²) in [5.41, 5.74) is 1.13. The first-order valence-corrected chi connectivity index (χ1v) is 6.03. The Bertz CT molecular complexity index is 498. The van der Waals surface area contributed by atoms with E-state index in [4.69, 9.17) is 4.74 Å². The molecule has 1 amide bonds. The molecule has 2 N–H and O–H groups in total. The number of aryl methyl sites for hydroxylation is 1. The highest BCUT2D eigenvalue weighted by Crippen LogP contribution is 2.13. The molecule has 0 aliphatic rings. The number of alkyl carbamates (subject to hydrolysis) is 1. The van der Waals surface area contributed by atoms with Crippen molar-refractivity contribution in [2.45, 2.75) is 33.3 Å². The number of aromatic hydroxyl groups is 1. The highest BCUT2D eigenvalue weighted by atomic mass is 16.6. The lowest BCUT2D eigenvalue weighted by Gasteiger charge is -2.18. The molecule has 0 aliphatic heterocycles. The van der Waals surface area contributed by atoms with Gasteiger partial charge in [-0.15, -0.1) is 0 Å². The third-order valence-electron chi connectivity index (χ3n) is 2.01. The molecule has 0 atom stereocenters. The van der Waals surface area contributed by atoms with Crippen LogP contribution in [0.25, 0.3) is 0 Å². The topological polar surface area (TPSA) is 58.6 Å². The van der Waals surface area contributed by atoms with E-state index in [1.54, 1.807) is 32.9 Å². The van der Waals surface area contributed by atoms with Crippen molar-refractivity contribution >= 4 is 6.09 Å². The van der Waals surface area contributed by atoms with Crippen molar-refractivity contribution in [3.05, 3.63) is 29.3 Å². The number of carbonyl (C=O) groups excluding carboxylic acids is 1. The normalized spacial score (nSPS) is 10.3. The maximum atomic E-state index is 11.3. The van der Waals surface area contributed by atoms with Crippen LogP contribution in [0.3, 0.4) is 0 Å². The number of hydrogen-bond acceptors (Lipinski definition) is 3. The second kappa shape index (κ2) is 6.14. The molecule has 0 fully saturated rings. The number of hydrogen-bond donors (Lipinski definition) is 2. The Balaban J connectivity index is 2.50. The van der Waals surface area contributed by atoms with E-state index in [9.17, 15) is 9.90 Å². The minimum absolute atomic E-state index is 0.185. The molecule has 0 saturated carbocycles. The van der Waals surface area contributed by atoms with Crippen molar-refractivity contribution in [3.63, 3.8) is 0 Å². The van der Waals surface area contributed by atoms with Gasteiger partial charge < -0.3 is 15.2 Å². The maximum Gasteiger partial charge on any atom is 0.408 e. The van der Waals surface area contributed by atoms with E-state index < -0.39 is 11.7 Å². The van der Waals surface area contributed by atoms with Crippen LogP contribution in [0.4, 0.5) is 4.79 Å². The van der Waals surface area contributed by atoms with Crippen LogP contribution in [-0.2, 0) is 4.74 Å². The van der Waals surface area contributed by atoms with E-state index in [-0.39, 0.29) is 12.3 Å². The Morgan fingerprint density at radius 2 is 2.05 bits per heavy atom. The molecule has 19 heavy (non-hydrogen) atoms. The number of benzene rings is 1. The van der Waals surface area contributed by atoms with Crippen molar-refractivity contribution in [1.29, 1.82) is 0 Å². The molecule has 0 bridgehead atoms. The second-order valence-corrected chi connectivity index (χ2v) is 5.21. The van der Waals surface area contributed by atoms with Crippen molar-refractivity contribution in [1.82, 2.24) is 5.32 Å². The van der Waals surface area contributed by atoms with Gasteiger partial charge in [0.2, 0.25) is 0 Å². The third kappa shape index (κ3) is 6.37. The van der Waals surface area contributed by atoms with E-state index >= 15 is 0 Å². The third-order valence-corrected chi connectivity index (χ3v) is 2.01. The minimum Gasteiger partial charge on any atom is -0.508 e. The van der Waals surface area contributed by atoms with Crippen LogP contribution in [0.5, 0.6) is 5.75 Å². The van der Waals surface area contributed by atoms with Crippen LogP contribution in [0.1, 0.15) is 31.9 Å². The monoisotopic (exact) mass is 261 g/mol. The molecule has 1 rings (SSSR count). The average Bonchev–Trinajstić information content (AvgIpc) is 2.20. The lowest BCUT2D eigenvalue weighted by molar-refractivity contribution is 0.0535. The smallest absolute Gasteiger partial charge is 0.408 e. The Morgan fingerprint density at radius 1 is 1.37 bits per heavy atom. The fraction of sp³-hybridized carbons (Fsp3) is 0.400. The Hall–Kier alpha value is -2.15. The molecule has 0 spiro atoms. The van der Waals surface area contributed by atoms with Gasteiger partial charge >= 0.3 is 6.09 Å². The van der Waals surface area contributed by atoms with Crippen LogP contribution >= 0.6 is 0 Å². The van der Waals surface area contributed by atoms with Gasteiger partial charge in [-0.1, -0.05) is 11.8 Å². The van der Waals surface area contributed by atoms with Crippen molar-refractivity contribution in [3.8, 4) is 17.6 Å². The summed E-state index contributed by atoms with van der Waals surface area (Å²) in [5.74, 6) is 5.85. The first-order chi connectivity index (χ1) is 8.76. The highest BCUT2D eigenvalue weighted by molar-refractivity contribution is 5.68. The number of rotatable bonds is 1. The summed E-state index contributed by atoms with van der Waals surface area (Å²) in [6.45, 7) is 7.48. The summed E-state index contributed by atoms with van der Waals surface area (Å²) < 4.78 is 5.07. The average molecular weight is 261 g/mol. The molecule has 0 saturated heterocycles. The summed E-state index contributed by atoms with van der Waals surface area (Å²) in [6, 6.07) is 5.10. The van der Waals surface area contributed by atoms with Crippen molar-refractivity contribution < 1.29 is 14.6 Å². The minimum atomic E-state index is -0.514. The van der Waals surface area contributed by atoms with Gasteiger partial charge in [0.25, 0.3) is 0 Å². The van der Waals surface area contributed by atoms with Crippen LogP contribution < -0.4 is 5.32 Å². The molecule has 1 aromatic carbocycles. The zero-order chi connectivity index (χ0) is 14.5. The molecule has 0 radical (unpaired) electrons. The van der Waals surface area contributed by atoms with Gasteiger partial charge in [0, 0.05) is 5.56 Å². The fourth-order valence-corrected chi connectivity index (χ4v) is 1.41. The zero-order valence-electron chi connectivity index (χ0n) is 11.7. The summed E-state index contributed by atoms with van der Waals surface area (Å²) in [7, 11) is 0. The quantitative estimate of drug-likeness (QED) is 0.764. The van der Waals surface area contributed by atoms with Gasteiger partial charge in [-0.3, -0.25) is 0 Å². The van der Waals surface area contributed by atoms with Gasteiger partial charge in [0.05, 0.1) is 6.54 Å². The van der Waals surface area contributed by atoms with E-state index in [1.807, 2.05) is 13.0 Å². The molecule has 0 heterocycles. The van der Waals surface area contributed by atoms with Crippen LogP contribution in [-0.4, -0.2) is 23.3 Å². The number of carbonyl (C=O) groups is 1. The molecule has 1 aromatic rings. The van der Waals surface area contributed by atoms with E-state index in [2.05, 4.69) is 17.2 Å². The largest absolute Gasteiger partial charge is 0.508 e. The Kier molecular flexibility index (Phi) is 4.82. The molecular formula is C15H19NO3. The number of nitrogens with one attached hydrogen (secondary N) is 1. The first-order valence-electron chi connectivity index (χ1n) is 6.03. The van der Waals surface area contributed by atoms with Gasteiger partial charge in [0.15, 0.2) is 0 Å². The van der Waals surface area contributed by atoms with E-state index in [1.165, 1.54) is 0 Å². The first kappa shape index (κ1) is 14.9. The number of phenols is 1. The zero-order valence-corrected chi connectivity index (χ0v) is 11.7. The summed E-state index contributed by atoms with van der Waals surface area (Å²) in [5, 5.41) is 12.0.